The maximum atomic E-state index is 11.5. The summed E-state index contributed by atoms with van der Waals surface area (Å²) in [5.41, 5.74) is 2.18. The van der Waals surface area contributed by atoms with Crippen LogP contribution in [0.5, 0.6) is 0 Å². The van der Waals surface area contributed by atoms with Gasteiger partial charge >= 0.3 is 5.97 Å². The molecule has 1 aromatic carbocycles. The quantitative estimate of drug-likeness (QED) is 0.757. The molecule has 3 rings (SSSR count). The van der Waals surface area contributed by atoms with E-state index in [2.05, 4.69) is 15.4 Å². The first kappa shape index (κ1) is 15.2. The summed E-state index contributed by atoms with van der Waals surface area (Å²) in [5.74, 6) is -1.54. The van der Waals surface area contributed by atoms with E-state index in [1.165, 1.54) is 10.6 Å². The van der Waals surface area contributed by atoms with Crippen molar-refractivity contribution in [3.63, 3.8) is 0 Å². The predicted octanol–water partition coefficient (Wildman–Crippen LogP) is 1.95. The number of rotatable bonds is 4. The van der Waals surface area contributed by atoms with Crippen molar-refractivity contribution >= 4 is 23.2 Å². The van der Waals surface area contributed by atoms with Gasteiger partial charge in [-0.05, 0) is 18.2 Å². The number of anilines is 1. The van der Waals surface area contributed by atoms with Crippen molar-refractivity contribution in [3.05, 3.63) is 48.3 Å². The highest BCUT2D eigenvalue weighted by Gasteiger charge is 2.13. The van der Waals surface area contributed by atoms with Crippen LogP contribution in [-0.4, -0.2) is 31.6 Å². The normalized spacial score (nSPS) is 10.3. The van der Waals surface area contributed by atoms with Crippen LogP contribution < -0.4 is 5.32 Å². The summed E-state index contributed by atoms with van der Waals surface area (Å²) in [6.45, 7) is 0. The van der Waals surface area contributed by atoms with Gasteiger partial charge in [-0.15, -0.1) is 0 Å². The predicted molar refractivity (Wildman–Crippen MR) is 84.2 cm³/mol. The van der Waals surface area contributed by atoms with Crippen LogP contribution in [0.1, 0.15) is 16.9 Å². The third-order valence-corrected chi connectivity index (χ3v) is 3.26. The summed E-state index contributed by atoms with van der Waals surface area (Å²) in [4.78, 5) is 26.7. The molecule has 0 aliphatic carbocycles. The molecule has 3 aromatic rings. The first-order valence-corrected chi connectivity index (χ1v) is 6.94. The molecule has 1 amide bonds. The van der Waals surface area contributed by atoms with Crippen molar-refractivity contribution < 1.29 is 14.7 Å². The van der Waals surface area contributed by atoms with E-state index in [-0.39, 0.29) is 12.1 Å². The van der Waals surface area contributed by atoms with Gasteiger partial charge in [0.05, 0.1) is 11.8 Å². The number of benzene rings is 1. The number of carboxylic acid groups (broad SMARTS) is 1. The van der Waals surface area contributed by atoms with Gasteiger partial charge in [-0.1, -0.05) is 12.1 Å². The molecule has 0 saturated carbocycles. The van der Waals surface area contributed by atoms with Gasteiger partial charge in [0.25, 0.3) is 0 Å². The fourth-order valence-electron chi connectivity index (χ4n) is 2.25. The van der Waals surface area contributed by atoms with Crippen molar-refractivity contribution in [2.24, 2.45) is 0 Å². The van der Waals surface area contributed by atoms with Crippen LogP contribution in [0, 0.1) is 11.3 Å². The van der Waals surface area contributed by atoms with E-state index in [4.69, 9.17) is 10.4 Å². The van der Waals surface area contributed by atoms with E-state index < -0.39 is 11.9 Å². The smallest absolute Gasteiger partial charge is 0.356 e. The van der Waals surface area contributed by atoms with Crippen LogP contribution in [-0.2, 0) is 4.79 Å². The zero-order chi connectivity index (χ0) is 17.1. The standard InChI is InChI=1S/C16H11N5O3/c17-6-4-15(22)19-11-3-1-2-10(8-11)13-5-7-18-14-9-12(16(23)24)20-21(13)14/h1-3,5,7-9H,4H2,(H,19,22)(H,23,24). The number of nitrogens with zero attached hydrogens (tertiary/aromatic N) is 4. The third kappa shape index (κ3) is 2.91. The second-order valence-corrected chi connectivity index (χ2v) is 4.90. The summed E-state index contributed by atoms with van der Waals surface area (Å²) in [5, 5.41) is 24.3. The number of carbonyl (C=O) groups excluding carboxylic acids is 1. The van der Waals surface area contributed by atoms with E-state index in [0.29, 0.717) is 17.0 Å². The molecule has 2 N–H and O–H groups in total. The monoisotopic (exact) mass is 321 g/mol. The lowest BCUT2D eigenvalue weighted by molar-refractivity contribution is -0.115. The highest BCUT2D eigenvalue weighted by Crippen LogP contribution is 2.23. The molecule has 0 aliphatic rings. The maximum absolute atomic E-state index is 11.5. The molecular formula is C16H11N5O3. The Bertz CT molecular complexity index is 987. The summed E-state index contributed by atoms with van der Waals surface area (Å²) in [7, 11) is 0. The number of aromatic nitrogens is 3. The molecule has 8 heteroatoms. The Morgan fingerprint density at radius 3 is 2.88 bits per heavy atom. The molecule has 118 valence electrons. The van der Waals surface area contributed by atoms with Gasteiger partial charge in [0, 0.05) is 23.5 Å². The highest BCUT2D eigenvalue weighted by atomic mass is 16.4. The Morgan fingerprint density at radius 2 is 2.12 bits per heavy atom. The average molecular weight is 321 g/mol. The Hall–Kier alpha value is -3.73. The molecule has 0 saturated heterocycles. The Kier molecular flexibility index (Phi) is 3.91. The van der Waals surface area contributed by atoms with Crippen LogP contribution >= 0.6 is 0 Å². The van der Waals surface area contributed by atoms with E-state index in [1.54, 1.807) is 42.6 Å². The molecule has 0 fully saturated rings. The molecule has 0 spiro atoms. The minimum Gasteiger partial charge on any atom is -0.476 e. The zero-order valence-corrected chi connectivity index (χ0v) is 12.3. The number of hydrogen-bond donors (Lipinski definition) is 2. The lowest BCUT2D eigenvalue weighted by Gasteiger charge is -2.07. The van der Waals surface area contributed by atoms with Gasteiger partial charge < -0.3 is 10.4 Å². The first-order valence-electron chi connectivity index (χ1n) is 6.94. The maximum Gasteiger partial charge on any atom is 0.356 e. The van der Waals surface area contributed by atoms with Gasteiger partial charge in [-0.25, -0.2) is 14.3 Å². The lowest BCUT2D eigenvalue weighted by Crippen LogP contribution is -2.10. The number of nitriles is 1. The molecule has 8 nitrogen and oxygen atoms in total. The number of fused-ring (bicyclic) bond motifs is 1. The minimum atomic E-state index is -1.14. The fourth-order valence-corrected chi connectivity index (χ4v) is 2.25. The molecule has 24 heavy (non-hydrogen) atoms. The van der Waals surface area contributed by atoms with Gasteiger partial charge in [0.1, 0.15) is 6.42 Å². The van der Waals surface area contributed by atoms with Crippen LogP contribution in [0.15, 0.2) is 42.6 Å². The molecule has 0 bridgehead atoms. The largest absolute Gasteiger partial charge is 0.476 e. The first-order chi connectivity index (χ1) is 11.6. The summed E-state index contributed by atoms with van der Waals surface area (Å²) in [6.07, 6.45) is 1.32. The third-order valence-electron chi connectivity index (χ3n) is 3.26. The number of carboxylic acids is 1. The SMILES string of the molecule is N#CCC(=O)Nc1cccc(-c2ccnc3cc(C(=O)O)nn23)c1. The number of nitrogens with one attached hydrogen (secondary N) is 1. The molecule has 0 atom stereocenters. The summed E-state index contributed by atoms with van der Waals surface area (Å²) >= 11 is 0. The van der Waals surface area contributed by atoms with E-state index >= 15 is 0 Å². The second kappa shape index (κ2) is 6.18. The highest BCUT2D eigenvalue weighted by molar-refractivity contribution is 5.92. The van der Waals surface area contributed by atoms with Crippen LogP contribution in [0.4, 0.5) is 5.69 Å². The minimum absolute atomic E-state index is 0.103. The molecule has 2 heterocycles. The number of hydrogen-bond acceptors (Lipinski definition) is 5. The van der Waals surface area contributed by atoms with Crippen molar-refractivity contribution in [3.8, 4) is 17.3 Å². The van der Waals surface area contributed by atoms with Gasteiger partial charge in [-0.2, -0.15) is 10.4 Å². The number of carbonyl (C=O) groups is 2. The summed E-state index contributed by atoms with van der Waals surface area (Å²) < 4.78 is 1.43. The fraction of sp³-hybridized carbons (Fsp3) is 0.0625. The van der Waals surface area contributed by atoms with Gasteiger partial charge in [0.15, 0.2) is 11.3 Å². The van der Waals surface area contributed by atoms with E-state index in [1.807, 2.05) is 0 Å². The van der Waals surface area contributed by atoms with Crippen molar-refractivity contribution in [1.29, 1.82) is 5.26 Å². The average Bonchev–Trinajstić information content (AvgIpc) is 2.99. The van der Waals surface area contributed by atoms with Crippen molar-refractivity contribution in [1.82, 2.24) is 14.6 Å². The van der Waals surface area contributed by atoms with Gasteiger partial charge in [-0.3, -0.25) is 4.79 Å². The van der Waals surface area contributed by atoms with Gasteiger partial charge in [0.2, 0.25) is 5.91 Å². The van der Waals surface area contributed by atoms with E-state index in [9.17, 15) is 9.59 Å². The lowest BCUT2D eigenvalue weighted by atomic mass is 10.1. The van der Waals surface area contributed by atoms with E-state index in [0.717, 1.165) is 5.56 Å². The molecule has 0 radical (unpaired) electrons. The van der Waals surface area contributed by atoms with Crippen LogP contribution in [0.2, 0.25) is 0 Å². The Labute approximate surface area is 136 Å². The zero-order valence-electron chi connectivity index (χ0n) is 12.3. The van der Waals surface area contributed by atoms with Crippen molar-refractivity contribution in [2.45, 2.75) is 6.42 Å². The van der Waals surface area contributed by atoms with Crippen molar-refractivity contribution in [2.75, 3.05) is 5.32 Å². The molecular weight excluding hydrogens is 310 g/mol. The van der Waals surface area contributed by atoms with Crippen LogP contribution in [0.25, 0.3) is 16.9 Å². The second-order valence-electron chi connectivity index (χ2n) is 4.90. The summed E-state index contributed by atoms with van der Waals surface area (Å²) in [6, 6.07) is 11.8. The Balaban J connectivity index is 2.03. The molecule has 2 aromatic heterocycles. The molecule has 0 aliphatic heterocycles. The Morgan fingerprint density at radius 1 is 1.29 bits per heavy atom. The number of aromatic carboxylic acids is 1. The van der Waals surface area contributed by atoms with Crippen LogP contribution in [0.3, 0.4) is 0 Å². The molecule has 0 unspecified atom stereocenters. The topological polar surface area (TPSA) is 120 Å². The number of amides is 1.